The summed E-state index contributed by atoms with van der Waals surface area (Å²) in [7, 11) is 0. The number of alkyl halides is 3. The number of rotatable bonds is 7. The van der Waals surface area contributed by atoms with Gasteiger partial charge in [-0.05, 0) is 40.5 Å². The Morgan fingerprint density at radius 1 is 1.15 bits per heavy atom. The van der Waals surface area contributed by atoms with Crippen molar-refractivity contribution in [3.63, 3.8) is 0 Å². The topological polar surface area (TPSA) is 116 Å². The van der Waals surface area contributed by atoms with Crippen LogP contribution in [0.15, 0.2) is 69.8 Å². The predicted octanol–water partition coefficient (Wildman–Crippen LogP) is 2.79. The van der Waals surface area contributed by atoms with E-state index in [1.54, 1.807) is 0 Å². The Kier molecular flexibility index (Phi) is 9.30. The molecule has 40 heavy (non-hydrogen) atoms. The van der Waals surface area contributed by atoms with Gasteiger partial charge in [-0.25, -0.2) is 4.79 Å². The molecular weight excluding hydrogens is 578 g/mol. The molecule has 3 aliphatic rings. The molecule has 2 fully saturated rings. The zero-order chi connectivity index (χ0) is 27.9. The van der Waals surface area contributed by atoms with Crippen molar-refractivity contribution in [3.05, 3.63) is 64.9 Å². The molecule has 3 amide bonds. The standard InChI is InChI=1S/C26H22F3N3O5S2.Na.H/c27-26(28,29)10-17(16-7-8-30-22(16)34)18-11-39-24-20(23(35)32(24)21(18)25(36)37)31-19(33)12-38-15-6-5-13-3-1-2-4-14(13)9-15;;/h1-6,9,20,24H,7-8,10-12H2,(H,30,34)(H,31,33)(H,36,37);;/t20-,24-;;/m1../s1. The van der Waals surface area contributed by atoms with E-state index in [4.69, 9.17) is 0 Å². The van der Waals surface area contributed by atoms with E-state index in [0.717, 1.165) is 32.3 Å². The SMILES string of the molecule is O=C(CSc1ccc2ccccc2c1)N[C@@H]1C(=O)N2C(C(=O)O)=C(C(CC(F)(F)F)=C3CCNC3=O)CS[C@H]12.[NaH]. The van der Waals surface area contributed by atoms with Crippen LogP contribution in [0.3, 0.4) is 0 Å². The number of nitrogens with one attached hydrogen (secondary N) is 2. The number of benzene rings is 2. The van der Waals surface area contributed by atoms with Crippen molar-refractivity contribution in [1.82, 2.24) is 15.5 Å². The molecule has 2 atom stereocenters. The molecule has 0 bridgehead atoms. The third-order valence-corrected chi connectivity index (χ3v) is 8.89. The maximum atomic E-state index is 13.4. The molecule has 0 unspecified atom stereocenters. The van der Waals surface area contributed by atoms with Gasteiger partial charge in [-0.2, -0.15) is 13.2 Å². The average molecular weight is 602 g/mol. The fourth-order valence-corrected chi connectivity index (χ4v) is 7.02. The number of nitrogens with zero attached hydrogens (tertiary/aromatic N) is 1. The number of fused-ring (bicyclic) bond motifs is 2. The number of β-lactam (4-membered cyclic amide) rings is 1. The number of carbonyl (C=O) groups excluding carboxylic acids is 3. The number of hydrogen-bond acceptors (Lipinski definition) is 6. The van der Waals surface area contributed by atoms with Crippen LogP contribution in [0.1, 0.15) is 12.8 Å². The van der Waals surface area contributed by atoms with Gasteiger partial charge in [0.1, 0.15) is 17.1 Å². The minimum absolute atomic E-state index is 0. The molecule has 0 saturated carbocycles. The second kappa shape index (κ2) is 12.2. The van der Waals surface area contributed by atoms with Gasteiger partial charge >= 0.3 is 41.7 Å². The van der Waals surface area contributed by atoms with Gasteiger partial charge in [-0.1, -0.05) is 30.3 Å². The van der Waals surface area contributed by atoms with Crippen molar-refractivity contribution in [2.24, 2.45) is 0 Å². The van der Waals surface area contributed by atoms with Crippen LogP contribution in [0, 0.1) is 0 Å². The van der Waals surface area contributed by atoms with Crippen LogP contribution in [0.5, 0.6) is 0 Å². The molecule has 0 spiro atoms. The van der Waals surface area contributed by atoms with Gasteiger partial charge in [0, 0.05) is 22.8 Å². The van der Waals surface area contributed by atoms with Crippen LogP contribution in [-0.4, -0.2) is 98.9 Å². The van der Waals surface area contributed by atoms with Crippen molar-refractivity contribution in [2.45, 2.75) is 35.3 Å². The Balaban J connectivity index is 0.00000370. The molecular formula is C26H23F3N3NaO5S2. The number of carboxylic acid groups (broad SMARTS) is 1. The van der Waals surface area contributed by atoms with E-state index in [0.29, 0.717) is 0 Å². The molecule has 5 rings (SSSR count). The summed E-state index contributed by atoms with van der Waals surface area (Å²) >= 11 is 2.34. The number of aliphatic carboxylic acids is 1. The Labute approximate surface area is 257 Å². The molecule has 2 aromatic rings. The van der Waals surface area contributed by atoms with Crippen LogP contribution in [-0.2, 0) is 19.2 Å². The first-order valence-corrected chi connectivity index (χ1v) is 14.0. The Morgan fingerprint density at radius 2 is 1.88 bits per heavy atom. The minimum atomic E-state index is -4.69. The van der Waals surface area contributed by atoms with Crippen LogP contribution in [0.4, 0.5) is 13.2 Å². The van der Waals surface area contributed by atoms with Crippen LogP contribution in [0.2, 0.25) is 0 Å². The van der Waals surface area contributed by atoms with Gasteiger partial charge in [0.25, 0.3) is 5.91 Å². The van der Waals surface area contributed by atoms with E-state index in [-0.39, 0.29) is 65.2 Å². The number of carbonyl (C=O) groups is 4. The molecule has 3 N–H and O–H groups in total. The number of halogens is 3. The van der Waals surface area contributed by atoms with E-state index < -0.39 is 59.0 Å². The molecule has 0 aliphatic carbocycles. The zero-order valence-corrected chi connectivity index (χ0v) is 21.8. The summed E-state index contributed by atoms with van der Waals surface area (Å²) in [4.78, 5) is 51.8. The van der Waals surface area contributed by atoms with Gasteiger partial charge < -0.3 is 15.7 Å². The van der Waals surface area contributed by atoms with Gasteiger partial charge in [0.2, 0.25) is 11.8 Å². The summed E-state index contributed by atoms with van der Waals surface area (Å²) in [6.45, 7) is 0.148. The summed E-state index contributed by atoms with van der Waals surface area (Å²) in [5, 5.41) is 16.3. The summed E-state index contributed by atoms with van der Waals surface area (Å²) in [6.07, 6.45) is -6.15. The van der Waals surface area contributed by atoms with Gasteiger partial charge in [-0.3, -0.25) is 19.3 Å². The third-order valence-electron chi connectivity index (χ3n) is 6.62. The second-order valence-corrected chi connectivity index (χ2v) is 11.3. The predicted molar refractivity (Wildman–Crippen MR) is 147 cm³/mol. The Hall–Kier alpha value is -2.45. The van der Waals surface area contributed by atoms with E-state index >= 15 is 0 Å². The molecule has 3 aliphatic heterocycles. The first kappa shape index (κ1) is 30.5. The molecule has 206 valence electrons. The fourth-order valence-electron chi connectivity index (χ4n) is 4.88. The van der Waals surface area contributed by atoms with E-state index in [9.17, 15) is 37.5 Å². The fraction of sp³-hybridized carbons (Fsp3) is 0.308. The van der Waals surface area contributed by atoms with E-state index in [1.807, 2.05) is 42.5 Å². The normalized spacial score (nSPS) is 21.8. The molecule has 8 nitrogen and oxygen atoms in total. The molecule has 0 aromatic heterocycles. The quantitative estimate of drug-likeness (QED) is 0.194. The molecule has 14 heteroatoms. The molecule has 2 saturated heterocycles. The Morgan fingerprint density at radius 3 is 2.52 bits per heavy atom. The summed E-state index contributed by atoms with van der Waals surface area (Å²) < 4.78 is 40.3. The molecule has 3 heterocycles. The summed E-state index contributed by atoms with van der Waals surface area (Å²) in [6, 6.07) is 12.5. The number of hydrogen-bond donors (Lipinski definition) is 3. The Bertz CT molecular complexity index is 1460. The van der Waals surface area contributed by atoms with Crippen molar-refractivity contribution in [3.8, 4) is 0 Å². The molecule has 0 radical (unpaired) electrons. The average Bonchev–Trinajstić information content (AvgIpc) is 3.33. The number of thioether (sulfide) groups is 2. The summed E-state index contributed by atoms with van der Waals surface area (Å²) in [5.41, 5.74) is -1.30. The number of carboxylic acids is 1. The van der Waals surface area contributed by atoms with Crippen LogP contribution < -0.4 is 10.6 Å². The zero-order valence-electron chi connectivity index (χ0n) is 20.2. The van der Waals surface area contributed by atoms with E-state index in [2.05, 4.69) is 10.6 Å². The van der Waals surface area contributed by atoms with Crippen molar-refractivity contribution >= 4 is 87.5 Å². The van der Waals surface area contributed by atoms with Crippen molar-refractivity contribution < 1.29 is 37.5 Å². The molecule has 2 aromatic carbocycles. The monoisotopic (exact) mass is 601 g/mol. The van der Waals surface area contributed by atoms with Crippen molar-refractivity contribution in [1.29, 1.82) is 0 Å². The van der Waals surface area contributed by atoms with Crippen molar-refractivity contribution in [2.75, 3.05) is 18.1 Å². The number of allylic oxidation sites excluding steroid dienone is 1. The van der Waals surface area contributed by atoms with Gasteiger partial charge in [0.05, 0.1) is 12.2 Å². The third kappa shape index (κ3) is 6.23. The number of amides is 3. The van der Waals surface area contributed by atoms with Gasteiger partial charge in [0.15, 0.2) is 0 Å². The van der Waals surface area contributed by atoms with E-state index in [1.165, 1.54) is 11.8 Å². The first-order valence-electron chi connectivity index (χ1n) is 11.9. The van der Waals surface area contributed by atoms with Gasteiger partial charge in [-0.15, -0.1) is 23.5 Å². The van der Waals surface area contributed by atoms with Crippen LogP contribution in [0.25, 0.3) is 10.8 Å². The van der Waals surface area contributed by atoms with Crippen LogP contribution >= 0.6 is 23.5 Å². The maximum absolute atomic E-state index is 13.4. The summed E-state index contributed by atoms with van der Waals surface area (Å²) in [5.74, 6) is -3.54. The first-order chi connectivity index (χ1) is 18.5. The second-order valence-electron chi connectivity index (χ2n) is 9.14.